The molecule has 0 saturated carbocycles. The minimum absolute atomic E-state index is 0.0822. The van der Waals surface area contributed by atoms with Crippen LogP contribution in [0.3, 0.4) is 0 Å². The third-order valence-electron chi connectivity index (χ3n) is 3.84. The Morgan fingerprint density at radius 1 is 1.25 bits per heavy atom. The van der Waals surface area contributed by atoms with E-state index in [2.05, 4.69) is 4.72 Å². The zero-order valence-electron chi connectivity index (χ0n) is 14.4. The highest BCUT2D eigenvalue weighted by molar-refractivity contribution is 7.90. The van der Waals surface area contributed by atoms with E-state index < -0.39 is 15.9 Å². The van der Waals surface area contributed by atoms with Gasteiger partial charge in [0.05, 0.1) is 4.90 Å². The summed E-state index contributed by atoms with van der Waals surface area (Å²) >= 11 is 0. The van der Waals surface area contributed by atoms with E-state index in [1.807, 2.05) is 61.9 Å². The van der Waals surface area contributed by atoms with Gasteiger partial charge in [0.1, 0.15) is 0 Å². The molecule has 0 radical (unpaired) electrons. The molecule has 7 heteroatoms. The zero-order chi connectivity index (χ0) is 17.9. The zero-order valence-corrected chi connectivity index (χ0v) is 15.2. The maximum Gasteiger partial charge on any atom is 0.264 e. The molecule has 1 N–H and O–H groups in total. The van der Waals surface area contributed by atoms with E-state index >= 15 is 0 Å². The molecule has 2 rings (SSSR count). The van der Waals surface area contributed by atoms with Crippen LogP contribution in [0.2, 0.25) is 0 Å². The van der Waals surface area contributed by atoms with Gasteiger partial charge in [-0.3, -0.25) is 4.79 Å². The van der Waals surface area contributed by atoms with Crippen LogP contribution >= 0.6 is 0 Å². The van der Waals surface area contributed by atoms with Crippen molar-refractivity contribution in [3.8, 4) is 0 Å². The molecule has 1 aromatic carbocycles. The van der Waals surface area contributed by atoms with E-state index in [1.165, 1.54) is 6.07 Å². The number of benzene rings is 1. The average Bonchev–Trinajstić information content (AvgIpc) is 3.00. The number of aromatic nitrogens is 1. The van der Waals surface area contributed by atoms with Gasteiger partial charge in [0.15, 0.2) is 0 Å². The van der Waals surface area contributed by atoms with Gasteiger partial charge < -0.3 is 9.47 Å². The number of rotatable bonds is 6. The van der Waals surface area contributed by atoms with Gasteiger partial charge in [0.2, 0.25) is 5.91 Å². The minimum atomic E-state index is -3.88. The molecule has 0 aliphatic heterocycles. The average molecular weight is 349 g/mol. The van der Waals surface area contributed by atoms with Crippen molar-refractivity contribution in [2.75, 3.05) is 19.0 Å². The van der Waals surface area contributed by atoms with E-state index in [0.29, 0.717) is 0 Å². The Bertz CT molecular complexity index is 812. The van der Waals surface area contributed by atoms with Gasteiger partial charge in [-0.05, 0) is 43.7 Å². The Labute approximate surface area is 143 Å². The fraction of sp³-hybridized carbons (Fsp3) is 0.353. The SMILES string of the molecule is Cc1ccc(S(=O)(=O)NC(=O)CC(C)n2cccc2)cc1N(C)C. The summed E-state index contributed by atoms with van der Waals surface area (Å²) in [6.07, 6.45) is 3.77. The normalized spacial score (nSPS) is 12.7. The highest BCUT2D eigenvalue weighted by Gasteiger charge is 2.20. The molecule has 1 unspecified atom stereocenters. The van der Waals surface area contributed by atoms with Crippen molar-refractivity contribution >= 4 is 21.6 Å². The molecule has 1 atom stereocenters. The molecule has 24 heavy (non-hydrogen) atoms. The van der Waals surface area contributed by atoms with Crippen molar-refractivity contribution in [2.24, 2.45) is 0 Å². The number of nitrogens with one attached hydrogen (secondary N) is 1. The number of hydrogen-bond acceptors (Lipinski definition) is 4. The maximum absolute atomic E-state index is 12.4. The summed E-state index contributed by atoms with van der Waals surface area (Å²) in [5, 5.41) is 0. The van der Waals surface area contributed by atoms with Crippen molar-refractivity contribution in [2.45, 2.75) is 31.2 Å². The molecule has 2 aromatic rings. The molecule has 0 aliphatic rings. The Morgan fingerprint density at radius 2 is 1.88 bits per heavy atom. The van der Waals surface area contributed by atoms with E-state index in [-0.39, 0.29) is 17.4 Å². The largest absolute Gasteiger partial charge is 0.377 e. The molecule has 1 aromatic heterocycles. The molecular weight excluding hydrogens is 326 g/mol. The molecule has 0 bridgehead atoms. The van der Waals surface area contributed by atoms with Gasteiger partial charge in [-0.15, -0.1) is 0 Å². The summed E-state index contributed by atoms with van der Waals surface area (Å²) in [5.41, 5.74) is 1.76. The van der Waals surface area contributed by atoms with Crippen LogP contribution in [0.1, 0.15) is 24.9 Å². The Kier molecular flexibility index (Phi) is 5.33. The number of amides is 1. The number of nitrogens with zero attached hydrogens (tertiary/aromatic N) is 2. The van der Waals surface area contributed by atoms with Crippen molar-refractivity contribution in [1.82, 2.24) is 9.29 Å². The van der Waals surface area contributed by atoms with Gasteiger partial charge >= 0.3 is 0 Å². The van der Waals surface area contributed by atoms with Crippen molar-refractivity contribution in [3.63, 3.8) is 0 Å². The van der Waals surface area contributed by atoms with Gasteiger partial charge in [0.25, 0.3) is 10.0 Å². The van der Waals surface area contributed by atoms with Gasteiger partial charge in [-0.25, -0.2) is 13.1 Å². The van der Waals surface area contributed by atoms with Crippen LogP contribution in [0.4, 0.5) is 5.69 Å². The highest BCUT2D eigenvalue weighted by atomic mass is 32.2. The minimum Gasteiger partial charge on any atom is -0.377 e. The number of hydrogen-bond donors (Lipinski definition) is 1. The predicted molar refractivity (Wildman–Crippen MR) is 94.6 cm³/mol. The van der Waals surface area contributed by atoms with Crippen molar-refractivity contribution < 1.29 is 13.2 Å². The fourth-order valence-electron chi connectivity index (χ4n) is 2.50. The molecule has 6 nitrogen and oxygen atoms in total. The Morgan fingerprint density at radius 3 is 2.46 bits per heavy atom. The van der Waals surface area contributed by atoms with Gasteiger partial charge in [-0.1, -0.05) is 6.07 Å². The molecule has 0 spiro atoms. The van der Waals surface area contributed by atoms with Gasteiger partial charge in [0, 0.05) is 44.6 Å². The lowest BCUT2D eigenvalue weighted by Crippen LogP contribution is -2.32. The second kappa shape index (κ2) is 7.09. The third-order valence-corrected chi connectivity index (χ3v) is 5.21. The highest BCUT2D eigenvalue weighted by Crippen LogP contribution is 2.22. The summed E-state index contributed by atoms with van der Waals surface area (Å²) in [5.74, 6) is -0.525. The van der Waals surface area contributed by atoms with Crippen LogP contribution in [0.25, 0.3) is 0 Å². The molecule has 130 valence electrons. The fourth-order valence-corrected chi connectivity index (χ4v) is 3.52. The van der Waals surface area contributed by atoms with E-state index in [9.17, 15) is 13.2 Å². The van der Waals surface area contributed by atoms with Crippen molar-refractivity contribution in [3.05, 3.63) is 48.3 Å². The van der Waals surface area contributed by atoms with Crippen LogP contribution < -0.4 is 9.62 Å². The lowest BCUT2D eigenvalue weighted by molar-refractivity contribution is -0.120. The third kappa shape index (κ3) is 4.17. The Hall–Kier alpha value is -2.28. The number of carbonyl (C=O) groups is 1. The van der Waals surface area contributed by atoms with E-state index in [0.717, 1.165) is 11.3 Å². The summed E-state index contributed by atoms with van der Waals surface area (Å²) in [4.78, 5) is 14.0. The number of carbonyl (C=O) groups excluding carboxylic acids is 1. The quantitative estimate of drug-likeness (QED) is 0.869. The number of anilines is 1. The van der Waals surface area contributed by atoms with Crippen LogP contribution in [0.5, 0.6) is 0 Å². The van der Waals surface area contributed by atoms with E-state index in [1.54, 1.807) is 12.1 Å². The molecule has 1 amide bonds. The topological polar surface area (TPSA) is 71.4 Å². The second-order valence-electron chi connectivity index (χ2n) is 6.05. The first-order chi connectivity index (χ1) is 11.2. The summed E-state index contributed by atoms with van der Waals surface area (Å²) < 4.78 is 28.9. The van der Waals surface area contributed by atoms with Crippen LogP contribution in [0, 0.1) is 6.92 Å². The summed E-state index contributed by atoms with van der Waals surface area (Å²) in [6, 6.07) is 8.41. The molecule has 1 heterocycles. The predicted octanol–water partition coefficient (Wildman–Crippen LogP) is 2.32. The second-order valence-corrected chi connectivity index (χ2v) is 7.74. The van der Waals surface area contributed by atoms with Gasteiger partial charge in [-0.2, -0.15) is 0 Å². The first-order valence-corrected chi connectivity index (χ1v) is 9.15. The smallest absolute Gasteiger partial charge is 0.264 e. The standard InChI is InChI=1S/C17H23N3O3S/c1-13-7-8-15(12-16(13)19(3)4)24(22,23)18-17(21)11-14(2)20-9-5-6-10-20/h5-10,12,14H,11H2,1-4H3,(H,18,21). The number of sulfonamides is 1. The monoisotopic (exact) mass is 349 g/mol. The van der Waals surface area contributed by atoms with Crippen molar-refractivity contribution in [1.29, 1.82) is 0 Å². The first-order valence-electron chi connectivity index (χ1n) is 7.67. The Balaban J connectivity index is 2.13. The van der Waals surface area contributed by atoms with Crippen LogP contribution in [-0.4, -0.2) is 33.0 Å². The lowest BCUT2D eigenvalue weighted by Gasteiger charge is -2.17. The molecule has 0 saturated heterocycles. The molecular formula is C17H23N3O3S. The molecule has 0 fully saturated rings. The maximum atomic E-state index is 12.4. The molecule has 0 aliphatic carbocycles. The lowest BCUT2D eigenvalue weighted by atomic mass is 10.2. The first kappa shape index (κ1) is 18.1. The van der Waals surface area contributed by atoms with Crippen LogP contribution in [0.15, 0.2) is 47.6 Å². The summed E-state index contributed by atoms with van der Waals surface area (Å²) in [6.45, 7) is 3.77. The van der Waals surface area contributed by atoms with Crippen LogP contribution in [-0.2, 0) is 14.8 Å². The van der Waals surface area contributed by atoms with E-state index in [4.69, 9.17) is 0 Å². The number of aryl methyl sites for hydroxylation is 1. The summed E-state index contributed by atoms with van der Waals surface area (Å²) in [7, 11) is -0.196.